The van der Waals surface area contributed by atoms with Gasteiger partial charge in [-0.3, -0.25) is 0 Å². The van der Waals surface area contributed by atoms with E-state index in [1.54, 1.807) is 0 Å². The fourth-order valence-electron chi connectivity index (χ4n) is 3.31. The van der Waals surface area contributed by atoms with Crippen LogP contribution in [0.15, 0.2) is 29.1 Å². The Morgan fingerprint density at radius 1 is 1.29 bits per heavy atom. The Balaban J connectivity index is 1.53. The van der Waals surface area contributed by atoms with Gasteiger partial charge in [0.25, 0.3) is 0 Å². The van der Waals surface area contributed by atoms with Crippen LogP contribution in [-0.2, 0) is 13.0 Å². The lowest BCUT2D eigenvalue weighted by Gasteiger charge is -2.20. The number of pyridine rings is 1. The highest BCUT2D eigenvalue weighted by molar-refractivity contribution is 9.10. The molecule has 0 amide bonds. The molecule has 2 atom stereocenters. The molecule has 0 spiro atoms. The van der Waals surface area contributed by atoms with Crippen LogP contribution >= 0.6 is 15.9 Å². The Bertz CT molecular complexity index is 656. The number of nitrogens with zero attached hydrogens (tertiary/aromatic N) is 4. The normalized spacial score (nSPS) is 23.4. The Kier molecular flexibility index (Phi) is 3.25. The number of aryl methyl sites for hydroxylation is 1. The van der Waals surface area contributed by atoms with Crippen LogP contribution in [0.1, 0.15) is 24.7 Å². The zero-order chi connectivity index (χ0) is 14.4. The minimum absolute atomic E-state index is 0.822. The number of halogens is 1. The number of rotatable bonds is 4. The first-order chi connectivity index (χ1) is 10.2. The second-order valence-electron chi connectivity index (χ2n) is 6.11. The van der Waals surface area contributed by atoms with Gasteiger partial charge in [0.1, 0.15) is 16.2 Å². The van der Waals surface area contributed by atoms with Crippen molar-refractivity contribution in [3.63, 3.8) is 0 Å². The third kappa shape index (κ3) is 2.48. The summed E-state index contributed by atoms with van der Waals surface area (Å²) < 4.78 is 3.14. The lowest BCUT2D eigenvalue weighted by molar-refractivity contribution is 0.725. The van der Waals surface area contributed by atoms with E-state index in [4.69, 9.17) is 4.98 Å². The lowest BCUT2D eigenvalue weighted by atomic mass is 10.2. The van der Waals surface area contributed by atoms with Crippen LogP contribution in [0.2, 0.25) is 0 Å². The molecule has 3 heterocycles. The highest BCUT2D eigenvalue weighted by Crippen LogP contribution is 2.46. The third-order valence-corrected chi connectivity index (χ3v) is 5.36. The SMILES string of the molecule is CCc1nccn1Cc1ccc(N2CC3CC3C2)nc1Br. The van der Waals surface area contributed by atoms with E-state index in [0.717, 1.165) is 41.0 Å². The van der Waals surface area contributed by atoms with Gasteiger partial charge in [-0.25, -0.2) is 9.97 Å². The molecule has 0 aromatic carbocycles. The molecule has 4 rings (SSSR count). The molecule has 2 unspecified atom stereocenters. The van der Waals surface area contributed by atoms with Crippen LogP contribution in [0.3, 0.4) is 0 Å². The van der Waals surface area contributed by atoms with E-state index >= 15 is 0 Å². The van der Waals surface area contributed by atoms with Crippen LogP contribution in [0.25, 0.3) is 0 Å². The van der Waals surface area contributed by atoms with Crippen LogP contribution < -0.4 is 4.90 Å². The van der Waals surface area contributed by atoms with E-state index in [-0.39, 0.29) is 0 Å². The molecule has 2 aromatic heterocycles. The molecule has 1 saturated heterocycles. The van der Waals surface area contributed by atoms with Crippen molar-refractivity contribution in [1.82, 2.24) is 14.5 Å². The zero-order valence-corrected chi connectivity index (χ0v) is 13.8. The van der Waals surface area contributed by atoms with Crippen molar-refractivity contribution in [1.29, 1.82) is 0 Å². The molecule has 0 radical (unpaired) electrons. The number of piperidine rings is 1. The van der Waals surface area contributed by atoms with Gasteiger partial charge in [-0.2, -0.15) is 0 Å². The molecule has 1 aliphatic carbocycles. The minimum Gasteiger partial charge on any atom is -0.356 e. The van der Waals surface area contributed by atoms with Crippen LogP contribution in [-0.4, -0.2) is 27.6 Å². The molecule has 5 heteroatoms. The van der Waals surface area contributed by atoms with Gasteiger partial charge >= 0.3 is 0 Å². The van der Waals surface area contributed by atoms with Crippen LogP contribution in [0, 0.1) is 11.8 Å². The maximum atomic E-state index is 4.76. The molecular formula is C16H19BrN4. The maximum Gasteiger partial charge on any atom is 0.129 e. The van der Waals surface area contributed by atoms with Crippen molar-refractivity contribution in [2.45, 2.75) is 26.3 Å². The van der Waals surface area contributed by atoms with Crippen molar-refractivity contribution in [3.05, 3.63) is 40.5 Å². The van der Waals surface area contributed by atoms with Gasteiger partial charge < -0.3 is 9.47 Å². The first kappa shape index (κ1) is 13.3. The molecular weight excluding hydrogens is 328 g/mol. The van der Waals surface area contributed by atoms with Gasteiger partial charge in [-0.15, -0.1) is 0 Å². The quantitative estimate of drug-likeness (QED) is 0.797. The predicted octanol–water partition coefficient (Wildman–Crippen LogP) is 3.11. The van der Waals surface area contributed by atoms with Crippen molar-refractivity contribution >= 4 is 21.7 Å². The number of imidazole rings is 1. The molecule has 0 bridgehead atoms. The molecule has 4 nitrogen and oxygen atoms in total. The number of anilines is 1. The fourth-order valence-corrected chi connectivity index (χ4v) is 3.75. The summed E-state index contributed by atoms with van der Waals surface area (Å²) in [6.45, 7) is 5.33. The Labute approximate surface area is 133 Å². The molecule has 1 aliphatic heterocycles. The van der Waals surface area contributed by atoms with E-state index in [9.17, 15) is 0 Å². The van der Waals surface area contributed by atoms with Crippen molar-refractivity contribution < 1.29 is 0 Å². The minimum atomic E-state index is 0.822. The van der Waals surface area contributed by atoms with E-state index in [1.807, 2.05) is 12.4 Å². The standard InChI is InChI=1S/C16H19BrN4/c1-2-14-18-5-6-20(14)8-11-3-4-15(19-16(11)17)21-9-12-7-13(12)10-21/h3-6,12-13H,2,7-10H2,1H3. The van der Waals surface area contributed by atoms with E-state index < -0.39 is 0 Å². The maximum absolute atomic E-state index is 4.76. The molecule has 2 aliphatic rings. The van der Waals surface area contributed by atoms with Crippen LogP contribution in [0.5, 0.6) is 0 Å². The Morgan fingerprint density at radius 2 is 2.10 bits per heavy atom. The first-order valence-corrected chi connectivity index (χ1v) is 8.44. The second kappa shape index (κ2) is 5.13. The summed E-state index contributed by atoms with van der Waals surface area (Å²) in [5.74, 6) is 4.09. The summed E-state index contributed by atoms with van der Waals surface area (Å²) in [5, 5.41) is 0. The monoisotopic (exact) mass is 346 g/mol. The number of hydrogen-bond donors (Lipinski definition) is 0. The number of aromatic nitrogens is 3. The van der Waals surface area contributed by atoms with Crippen molar-refractivity contribution in [2.24, 2.45) is 11.8 Å². The fraction of sp³-hybridized carbons (Fsp3) is 0.500. The van der Waals surface area contributed by atoms with E-state index in [1.165, 1.54) is 25.1 Å². The van der Waals surface area contributed by atoms with Gasteiger partial charge in [0.2, 0.25) is 0 Å². The van der Waals surface area contributed by atoms with Gasteiger partial charge in [-0.05, 0) is 40.3 Å². The molecule has 21 heavy (non-hydrogen) atoms. The predicted molar refractivity (Wildman–Crippen MR) is 86.5 cm³/mol. The van der Waals surface area contributed by atoms with Gasteiger partial charge in [0.15, 0.2) is 0 Å². The largest absolute Gasteiger partial charge is 0.356 e. The lowest BCUT2D eigenvalue weighted by Crippen LogP contribution is -2.23. The smallest absolute Gasteiger partial charge is 0.129 e. The molecule has 2 fully saturated rings. The number of hydrogen-bond acceptors (Lipinski definition) is 3. The summed E-state index contributed by atoms with van der Waals surface area (Å²) in [6, 6.07) is 4.35. The van der Waals surface area contributed by atoms with E-state index in [0.29, 0.717) is 0 Å². The topological polar surface area (TPSA) is 34.0 Å². The first-order valence-electron chi connectivity index (χ1n) is 7.65. The molecule has 110 valence electrons. The average Bonchev–Trinajstić information content (AvgIpc) is 2.90. The molecule has 1 saturated carbocycles. The zero-order valence-electron chi connectivity index (χ0n) is 12.2. The van der Waals surface area contributed by atoms with E-state index in [2.05, 4.69) is 49.4 Å². The Hall–Kier alpha value is -1.36. The Morgan fingerprint density at radius 3 is 2.81 bits per heavy atom. The van der Waals surface area contributed by atoms with Crippen LogP contribution in [0.4, 0.5) is 5.82 Å². The summed E-state index contributed by atoms with van der Waals surface area (Å²) in [7, 11) is 0. The second-order valence-corrected chi connectivity index (χ2v) is 6.86. The summed E-state index contributed by atoms with van der Waals surface area (Å²) in [6.07, 6.45) is 6.28. The number of fused-ring (bicyclic) bond motifs is 1. The average molecular weight is 347 g/mol. The third-order valence-electron chi connectivity index (χ3n) is 4.67. The highest BCUT2D eigenvalue weighted by atomic mass is 79.9. The molecule has 2 aromatic rings. The summed E-state index contributed by atoms with van der Waals surface area (Å²) in [4.78, 5) is 11.5. The van der Waals surface area contributed by atoms with Crippen molar-refractivity contribution in [3.8, 4) is 0 Å². The molecule has 0 N–H and O–H groups in total. The van der Waals surface area contributed by atoms with Crippen molar-refractivity contribution in [2.75, 3.05) is 18.0 Å². The summed E-state index contributed by atoms with van der Waals surface area (Å²) >= 11 is 3.64. The summed E-state index contributed by atoms with van der Waals surface area (Å²) in [5.41, 5.74) is 1.20. The van der Waals surface area contributed by atoms with Gasteiger partial charge in [0.05, 0.1) is 6.54 Å². The van der Waals surface area contributed by atoms with Gasteiger partial charge in [0, 0.05) is 37.5 Å². The van der Waals surface area contributed by atoms with Gasteiger partial charge in [-0.1, -0.05) is 13.0 Å². The highest BCUT2D eigenvalue weighted by Gasteiger charge is 2.45.